The molecule has 0 radical (unpaired) electrons. The molecule has 0 unspecified atom stereocenters. The Kier molecular flexibility index (Phi) is 4.17. The molecule has 2 heterocycles. The van der Waals surface area contributed by atoms with Gasteiger partial charge in [0.25, 0.3) is 5.91 Å². The number of nitrogens with zero attached hydrogens (tertiary/aromatic N) is 1. The lowest BCUT2D eigenvalue weighted by Gasteiger charge is -2.27. The van der Waals surface area contributed by atoms with Crippen molar-refractivity contribution in [2.24, 2.45) is 0 Å². The first-order valence-electron chi connectivity index (χ1n) is 7.27. The molecule has 2 aliphatic rings. The van der Waals surface area contributed by atoms with Crippen molar-refractivity contribution in [3.05, 3.63) is 34.9 Å². The molecule has 116 valence electrons. The maximum Gasteiger partial charge on any atom is 0.346 e. The number of rotatable bonds is 4. The molecule has 22 heavy (non-hydrogen) atoms. The van der Waals surface area contributed by atoms with Crippen LogP contribution in [0.4, 0.5) is 0 Å². The van der Waals surface area contributed by atoms with Crippen molar-refractivity contribution < 1.29 is 19.1 Å². The minimum absolute atomic E-state index is 0.153. The zero-order chi connectivity index (χ0) is 15.5. The first kappa shape index (κ1) is 14.7. The minimum atomic E-state index is -0.699. The molecule has 2 N–H and O–H groups in total. The van der Waals surface area contributed by atoms with E-state index >= 15 is 0 Å². The molecular weight excluding hydrogens is 286 g/mol. The summed E-state index contributed by atoms with van der Waals surface area (Å²) in [6, 6.07) is 4.38. The number of nitrogens with one attached hydrogen (secondary N) is 2. The number of piperazine rings is 1. The highest BCUT2D eigenvalue weighted by atomic mass is 16.6. The van der Waals surface area contributed by atoms with Crippen LogP contribution in [0.25, 0.3) is 0 Å². The van der Waals surface area contributed by atoms with Crippen LogP contribution in [0.1, 0.15) is 31.1 Å². The van der Waals surface area contributed by atoms with E-state index < -0.39 is 11.9 Å². The maximum absolute atomic E-state index is 12.1. The van der Waals surface area contributed by atoms with E-state index in [-0.39, 0.29) is 17.0 Å². The summed E-state index contributed by atoms with van der Waals surface area (Å²) in [7, 11) is 0. The van der Waals surface area contributed by atoms with Crippen molar-refractivity contribution in [2.75, 3.05) is 39.3 Å². The monoisotopic (exact) mass is 303 g/mol. The largest absolute Gasteiger partial charge is 0.386 e. The summed E-state index contributed by atoms with van der Waals surface area (Å²) in [5, 5.41) is 6.10. The lowest BCUT2D eigenvalue weighted by atomic mass is 10.1. The fourth-order valence-corrected chi connectivity index (χ4v) is 2.59. The zero-order valence-electron chi connectivity index (χ0n) is 12.1. The van der Waals surface area contributed by atoms with Crippen LogP contribution in [-0.2, 0) is 4.74 Å². The van der Waals surface area contributed by atoms with Gasteiger partial charge in [0.05, 0.1) is 11.1 Å². The van der Waals surface area contributed by atoms with E-state index in [0.717, 1.165) is 32.7 Å². The Morgan fingerprint density at radius 2 is 1.91 bits per heavy atom. The second-order valence-corrected chi connectivity index (χ2v) is 5.28. The summed E-state index contributed by atoms with van der Waals surface area (Å²) in [6.07, 6.45) is 0. The predicted molar refractivity (Wildman–Crippen MR) is 77.8 cm³/mol. The van der Waals surface area contributed by atoms with Gasteiger partial charge in [-0.2, -0.15) is 0 Å². The van der Waals surface area contributed by atoms with Gasteiger partial charge in [-0.1, -0.05) is 0 Å². The number of fused-ring (bicyclic) bond motifs is 1. The number of carbonyl (C=O) groups is 3. The molecule has 0 aromatic heterocycles. The zero-order valence-corrected chi connectivity index (χ0v) is 12.1. The molecule has 1 saturated heterocycles. The smallest absolute Gasteiger partial charge is 0.346 e. The van der Waals surface area contributed by atoms with E-state index in [1.54, 1.807) is 0 Å². The predicted octanol–water partition coefficient (Wildman–Crippen LogP) is -0.368. The van der Waals surface area contributed by atoms with Gasteiger partial charge in [0, 0.05) is 44.8 Å². The van der Waals surface area contributed by atoms with Crippen molar-refractivity contribution in [1.82, 2.24) is 15.5 Å². The van der Waals surface area contributed by atoms with Crippen molar-refractivity contribution in [3.63, 3.8) is 0 Å². The Morgan fingerprint density at radius 1 is 1.18 bits per heavy atom. The van der Waals surface area contributed by atoms with Crippen LogP contribution in [0.15, 0.2) is 18.2 Å². The molecule has 0 bridgehead atoms. The molecule has 1 aromatic rings. The van der Waals surface area contributed by atoms with Crippen LogP contribution in [0.3, 0.4) is 0 Å². The molecule has 0 saturated carbocycles. The highest BCUT2D eigenvalue weighted by Gasteiger charge is 2.30. The Labute approximate surface area is 127 Å². The van der Waals surface area contributed by atoms with Crippen LogP contribution in [0.5, 0.6) is 0 Å². The second-order valence-electron chi connectivity index (χ2n) is 5.28. The van der Waals surface area contributed by atoms with Gasteiger partial charge in [0.1, 0.15) is 0 Å². The number of ether oxygens (including phenoxy) is 1. The third-order valence-corrected chi connectivity index (χ3v) is 3.83. The van der Waals surface area contributed by atoms with Crippen LogP contribution >= 0.6 is 0 Å². The summed E-state index contributed by atoms with van der Waals surface area (Å²) in [5.74, 6) is -1.62. The van der Waals surface area contributed by atoms with Gasteiger partial charge in [0.15, 0.2) is 0 Å². The van der Waals surface area contributed by atoms with Gasteiger partial charge >= 0.3 is 11.9 Å². The Balaban J connectivity index is 1.57. The van der Waals surface area contributed by atoms with E-state index in [1.807, 2.05) is 0 Å². The van der Waals surface area contributed by atoms with Gasteiger partial charge in [-0.25, -0.2) is 9.59 Å². The summed E-state index contributed by atoms with van der Waals surface area (Å²) >= 11 is 0. The molecule has 7 heteroatoms. The number of cyclic esters (lactones) is 2. The van der Waals surface area contributed by atoms with E-state index in [2.05, 4.69) is 20.3 Å². The van der Waals surface area contributed by atoms with Crippen molar-refractivity contribution in [3.8, 4) is 0 Å². The van der Waals surface area contributed by atoms with Gasteiger partial charge in [-0.15, -0.1) is 0 Å². The first-order chi connectivity index (χ1) is 10.6. The molecule has 0 spiro atoms. The molecule has 0 aliphatic carbocycles. The minimum Gasteiger partial charge on any atom is -0.386 e. The number of hydrogen-bond acceptors (Lipinski definition) is 6. The normalized spacial score (nSPS) is 18.0. The van der Waals surface area contributed by atoms with Crippen LogP contribution in [-0.4, -0.2) is 62.0 Å². The topological polar surface area (TPSA) is 87.7 Å². The van der Waals surface area contributed by atoms with Gasteiger partial charge in [0.2, 0.25) is 0 Å². The number of hydrogen-bond donors (Lipinski definition) is 2. The molecule has 2 aliphatic heterocycles. The number of esters is 2. The molecule has 3 rings (SSSR count). The summed E-state index contributed by atoms with van der Waals surface area (Å²) < 4.78 is 4.50. The Morgan fingerprint density at radius 3 is 2.68 bits per heavy atom. The number of benzene rings is 1. The van der Waals surface area contributed by atoms with E-state index in [9.17, 15) is 14.4 Å². The average Bonchev–Trinajstić information content (AvgIpc) is 2.82. The first-order valence-corrected chi connectivity index (χ1v) is 7.27. The SMILES string of the molecule is O=C(NCCN1CCNCC1)c1ccc2c(c1)C(=O)OC2=O. The third kappa shape index (κ3) is 3.00. The van der Waals surface area contributed by atoms with Gasteiger partial charge < -0.3 is 15.4 Å². The summed E-state index contributed by atoms with van der Waals surface area (Å²) in [6.45, 7) is 5.22. The fraction of sp³-hybridized carbons (Fsp3) is 0.400. The summed E-state index contributed by atoms with van der Waals surface area (Å²) in [4.78, 5) is 37.2. The van der Waals surface area contributed by atoms with Gasteiger partial charge in [-0.3, -0.25) is 9.69 Å². The van der Waals surface area contributed by atoms with E-state index in [0.29, 0.717) is 12.1 Å². The molecule has 1 amide bonds. The van der Waals surface area contributed by atoms with Crippen LogP contribution in [0, 0.1) is 0 Å². The van der Waals surface area contributed by atoms with E-state index in [1.165, 1.54) is 18.2 Å². The molecule has 7 nitrogen and oxygen atoms in total. The summed E-state index contributed by atoms with van der Waals surface area (Å²) in [5.41, 5.74) is 0.716. The highest BCUT2D eigenvalue weighted by molar-refractivity contribution is 6.15. The molecule has 1 fully saturated rings. The second kappa shape index (κ2) is 6.25. The van der Waals surface area contributed by atoms with E-state index in [4.69, 9.17) is 0 Å². The van der Waals surface area contributed by atoms with Crippen molar-refractivity contribution in [2.45, 2.75) is 0 Å². The quantitative estimate of drug-likeness (QED) is 0.583. The van der Waals surface area contributed by atoms with Crippen molar-refractivity contribution >= 4 is 17.8 Å². The standard InChI is InChI=1S/C15H17N3O4/c19-13(17-5-8-18-6-3-16-4-7-18)10-1-2-11-12(9-10)15(21)22-14(11)20/h1-2,9,16H,3-8H2,(H,17,19). The highest BCUT2D eigenvalue weighted by Crippen LogP contribution is 2.21. The van der Waals surface area contributed by atoms with Crippen LogP contribution < -0.4 is 10.6 Å². The van der Waals surface area contributed by atoms with Crippen molar-refractivity contribution in [1.29, 1.82) is 0 Å². The molecular formula is C15H17N3O4. The molecule has 1 aromatic carbocycles. The van der Waals surface area contributed by atoms with Crippen LogP contribution in [0.2, 0.25) is 0 Å². The van der Waals surface area contributed by atoms with Gasteiger partial charge in [-0.05, 0) is 18.2 Å². The number of carbonyl (C=O) groups excluding carboxylic acids is 3. The molecule has 0 atom stereocenters. The fourth-order valence-electron chi connectivity index (χ4n) is 2.59. The average molecular weight is 303 g/mol. The third-order valence-electron chi connectivity index (χ3n) is 3.83. The lowest BCUT2D eigenvalue weighted by Crippen LogP contribution is -2.46. The maximum atomic E-state index is 12.1. The Bertz CT molecular complexity index is 623. The lowest BCUT2D eigenvalue weighted by molar-refractivity contribution is 0.0443. The number of amides is 1. The Hall–Kier alpha value is -2.25.